The average molecular weight is 492 g/mol. The minimum atomic E-state index is -2.70. The molecule has 4 rings (SSSR count). The van der Waals surface area contributed by atoms with Crippen LogP contribution in [-0.4, -0.2) is 88.0 Å². The van der Waals surface area contributed by atoms with Gasteiger partial charge in [0, 0.05) is 17.6 Å². The first-order valence-electron chi connectivity index (χ1n) is 11.5. The van der Waals surface area contributed by atoms with Crippen molar-refractivity contribution in [1.29, 1.82) is 0 Å². The number of primary amides is 1. The number of aliphatic hydroxyl groups is 2. The fraction of sp³-hybridized carbons (Fsp3) is 0.583. The molecule has 1 amide bonds. The minimum Gasteiger partial charge on any atom is -0.507 e. The number of carbonyl (C=O) groups is 4. The highest BCUT2D eigenvalue weighted by Crippen LogP contribution is 2.52. The third-order valence-electron chi connectivity index (χ3n) is 7.81. The molecule has 3 aliphatic carbocycles. The molecule has 0 aliphatic heterocycles. The van der Waals surface area contributed by atoms with Gasteiger partial charge in [-0.1, -0.05) is 0 Å². The quantitative estimate of drug-likeness (QED) is 0.267. The fourth-order valence-electron chi connectivity index (χ4n) is 6.26. The summed E-state index contributed by atoms with van der Waals surface area (Å²) in [5, 5.41) is 35.9. The molecule has 0 saturated heterocycles. The Morgan fingerprint density at radius 2 is 1.94 bits per heavy atom. The maximum absolute atomic E-state index is 13.7. The topological polar surface area (TPSA) is 170 Å². The van der Waals surface area contributed by atoms with Crippen LogP contribution in [-0.2, 0) is 20.8 Å². The van der Waals surface area contributed by atoms with Crippen molar-refractivity contribution in [2.24, 2.45) is 29.4 Å². The van der Waals surface area contributed by atoms with Crippen LogP contribution in [0.2, 0.25) is 0 Å². The van der Waals surface area contributed by atoms with Gasteiger partial charge in [-0.15, -0.1) is 0 Å². The standard InChI is InChI=1S/C24H30FN3O7/c1-9(8-25)27-13-4-5-14(29)16-11(13)6-10-7-12-18(28(2)3)20(31)17(23(26)34)22(33)24(12,35)21(32)15(10)19(16)30/h4-5,9-10,12,15,17-18,20,27,29,31,35H,6-8H2,1-3H3,(H2,26,34)/t9?,10-,12-,15?,17?,18?,20?,24-/m1/s1. The molecule has 6 N–H and O–H groups in total. The van der Waals surface area contributed by atoms with Gasteiger partial charge < -0.3 is 31.3 Å². The van der Waals surface area contributed by atoms with E-state index >= 15 is 0 Å². The number of nitrogens with zero attached hydrogens (tertiary/aromatic N) is 1. The summed E-state index contributed by atoms with van der Waals surface area (Å²) in [5.74, 6) is -9.56. The van der Waals surface area contributed by atoms with Gasteiger partial charge in [0.25, 0.3) is 0 Å². The van der Waals surface area contributed by atoms with Crippen LogP contribution in [0.1, 0.15) is 29.3 Å². The van der Waals surface area contributed by atoms with E-state index in [0.29, 0.717) is 11.3 Å². The molecule has 0 heterocycles. The number of hydrogen-bond donors (Lipinski definition) is 5. The first kappa shape index (κ1) is 25.2. The molecule has 0 bridgehead atoms. The van der Waals surface area contributed by atoms with E-state index in [-0.39, 0.29) is 24.2 Å². The van der Waals surface area contributed by atoms with Crippen LogP contribution in [0.4, 0.5) is 10.1 Å². The molecule has 35 heavy (non-hydrogen) atoms. The van der Waals surface area contributed by atoms with Gasteiger partial charge in [0.15, 0.2) is 23.0 Å². The van der Waals surface area contributed by atoms with Gasteiger partial charge >= 0.3 is 0 Å². The van der Waals surface area contributed by atoms with Crippen molar-refractivity contribution in [3.05, 3.63) is 23.3 Å². The monoisotopic (exact) mass is 491 g/mol. The van der Waals surface area contributed by atoms with Crippen LogP contribution >= 0.6 is 0 Å². The summed E-state index contributed by atoms with van der Waals surface area (Å²) in [6, 6.07) is 1.26. The third kappa shape index (κ3) is 3.56. The molecule has 0 spiro atoms. The molecule has 0 radical (unpaired) electrons. The summed E-state index contributed by atoms with van der Waals surface area (Å²) in [7, 11) is 3.16. The van der Waals surface area contributed by atoms with Crippen LogP contribution in [0.3, 0.4) is 0 Å². The summed E-state index contributed by atoms with van der Waals surface area (Å²) < 4.78 is 13.1. The van der Waals surface area contributed by atoms with Crippen molar-refractivity contribution in [2.45, 2.75) is 43.6 Å². The number of rotatable bonds is 5. The number of amides is 1. The van der Waals surface area contributed by atoms with Crippen molar-refractivity contribution in [3.8, 4) is 5.75 Å². The zero-order chi connectivity index (χ0) is 26.0. The number of fused-ring (bicyclic) bond motifs is 3. The van der Waals surface area contributed by atoms with Gasteiger partial charge in [-0.3, -0.25) is 19.2 Å². The zero-order valence-electron chi connectivity index (χ0n) is 19.7. The van der Waals surface area contributed by atoms with Crippen molar-refractivity contribution >= 4 is 28.9 Å². The molecule has 1 aromatic carbocycles. The number of phenols is 1. The Bertz CT molecular complexity index is 1110. The number of nitrogens with two attached hydrogens (primary N) is 1. The molecule has 0 aromatic heterocycles. The van der Waals surface area contributed by atoms with Gasteiger partial charge in [0.1, 0.15) is 18.3 Å². The maximum Gasteiger partial charge on any atom is 0.230 e. The van der Waals surface area contributed by atoms with E-state index in [1.165, 1.54) is 17.0 Å². The molecule has 190 valence electrons. The van der Waals surface area contributed by atoms with Crippen LogP contribution < -0.4 is 11.1 Å². The second kappa shape index (κ2) is 8.65. The predicted octanol–water partition coefficient (Wildman–Crippen LogP) is -0.571. The van der Waals surface area contributed by atoms with Gasteiger partial charge in [0.2, 0.25) is 5.91 Å². The molecule has 5 unspecified atom stereocenters. The lowest BCUT2D eigenvalue weighted by Gasteiger charge is -2.54. The zero-order valence-corrected chi connectivity index (χ0v) is 19.7. The number of phenolic OH excluding ortho intramolecular Hbond substituents is 1. The number of anilines is 1. The maximum atomic E-state index is 13.7. The smallest absolute Gasteiger partial charge is 0.230 e. The van der Waals surface area contributed by atoms with E-state index in [1.807, 2.05) is 0 Å². The van der Waals surface area contributed by atoms with E-state index in [0.717, 1.165) is 0 Å². The van der Waals surface area contributed by atoms with Crippen molar-refractivity contribution < 1.29 is 38.9 Å². The normalized spacial score (nSPS) is 35.2. The average Bonchev–Trinajstić information content (AvgIpc) is 2.77. The Kier molecular flexibility index (Phi) is 6.23. The van der Waals surface area contributed by atoms with Crippen molar-refractivity contribution in [3.63, 3.8) is 0 Å². The molecule has 3 aliphatic rings. The largest absolute Gasteiger partial charge is 0.507 e. The summed E-state index contributed by atoms with van der Waals surface area (Å²) in [6.07, 6.45) is -1.39. The predicted molar refractivity (Wildman–Crippen MR) is 121 cm³/mol. The Morgan fingerprint density at radius 1 is 1.29 bits per heavy atom. The van der Waals surface area contributed by atoms with Crippen molar-refractivity contribution in [1.82, 2.24) is 4.90 Å². The lowest BCUT2D eigenvalue weighted by atomic mass is 9.52. The third-order valence-corrected chi connectivity index (χ3v) is 7.81. The van der Waals surface area contributed by atoms with Crippen LogP contribution in [0.25, 0.3) is 0 Å². The number of benzene rings is 1. The number of halogens is 1. The molecule has 2 saturated carbocycles. The molecule has 10 nitrogen and oxygen atoms in total. The summed E-state index contributed by atoms with van der Waals surface area (Å²) in [5.41, 5.74) is 3.41. The molecular weight excluding hydrogens is 461 g/mol. The van der Waals surface area contributed by atoms with E-state index in [9.17, 15) is 38.9 Å². The van der Waals surface area contributed by atoms with E-state index < -0.39 is 77.4 Å². The number of aliphatic hydroxyl groups excluding tert-OH is 1. The number of hydrogen-bond acceptors (Lipinski definition) is 9. The number of ketones is 3. The molecule has 11 heteroatoms. The molecule has 1 aromatic rings. The van der Waals surface area contributed by atoms with E-state index in [2.05, 4.69) is 5.32 Å². The number of carbonyl (C=O) groups excluding carboxylic acids is 4. The fourth-order valence-corrected chi connectivity index (χ4v) is 6.26. The van der Waals surface area contributed by atoms with Gasteiger partial charge in [-0.25, -0.2) is 4.39 Å². The number of aromatic hydroxyl groups is 1. The minimum absolute atomic E-state index is 0.0168. The second-order valence-corrected chi connectivity index (χ2v) is 10.2. The highest BCUT2D eigenvalue weighted by molar-refractivity contribution is 6.25. The van der Waals surface area contributed by atoms with Crippen LogP contribution in [0, 0.1) is 23.7 Å². The van der Waals surface area contributed by atoms with Gasteiger partial charge in [-0.05, 0) is 57.5 Å². The highest BCUT2D eigenvalue weighted by atomic mass is 19.1. The van der Waals surface area contributed by atoms with E-state index in [1.54, 1.807) is 21.0 Å². The number of nitrogens with one attached hydrogen (secondary N) is 1. The summed E-state index contributed by atoms with van der Waals surface area (Å²) in [6.45, 7) is 0.942. The summed E-state index contributed by atoms with van der Waals surface area (Å²) in [4.78, 5) is 54.1. The number of likely N-dealkylation sites (N-methyl/N-ethyl adjacent to an activating group) is 1. The first-order chi connectivity index (χ1) is 16.4. The molecule has 2 fully saturated rings. The second-order valence-electron chi connectivity index (χ2n) is 10.2. The number of alkyl halides is 1. The molecule has 8 atom stereocenters. The number of Topliss-reactive ketones (excluding diaryl/α,β-unsaturated/α-hetero) is 3. The van der Waals surface area contributed by atoms with Gasteiger partial charge in [-0.2, -0.15) is 0 Å². The lowest BCUT2D eigenvalue weighted by Crippen LogP contribution is -2.75. The first-order valence-corrected chi connectivity index (χ1v) is 11.5. The van der Waals surface area contributed by atoms with E-state index in [4.69, 9.17) is 5.73 Å². The Hall–Kier alpha value is -2.89. The Labute approximate surface area is 201 Å². The van der Waals surface area contributed by atoms with Gasteiger partial charge in [0.05, 0.1) is 23.6 Å². The Morgan fingerprint density at radius 3 is 2.51 bits per heavy atom. The molecular formula is C24H30FN3O7. The lowest BCUT2D eigenvalue weighted by molar-refractivity contribution is -0.190. The highest BCUT2D eigenvalue weighted by Gasteiger charge is 2.69. The summed E-state index contributed by atoms with van der Waals surface area (Å²) >= 11 is 0. The van der Waals surface area contributed by atoms with Crippen LogP contribution in [0.5, 0.6) is 5.75 Å². The SMILES string of the molecule is CC(CF)Nc1ccc(O)c2c1C[C@@H]1C[C@@H]3C(N(C)C)C(O)C(C(N)=O)C(=O)[C@]3(O)C(=O)C1C2=O. The Balaban J connectivity index is 1.84. The van der Waals surface area contributed by atoms with Crippen LogP contribution in [0.15, 0.2) is 12.1 Å². The van der Waals surface area contributed by atoms with Crippen molar-refractivity contribution in [2.75, 3.05) is 26.1 Å².